The first-order valence-electron chi connectivity index (χ1n) is 7.69. The van der Waals surface area contributed by atoms with E-state index >= 15 is 0 Å². The predicted octanol–water partition coefficient (Wildman–Crippen LogP) is 1.87. The lowest BCUT2D eigenvalue weighted by Crippen LogP contribution is -2.47. The molecule has 0 saturated heterocycles. The second-order valence-corrected chi connectivity index (χ2v) is 5.95. The third-order valence-electron chi connectivity index (χ3n) is 4.30. The predicted molar refractivity (Wildman–Crippen MR) is 78.5 cm³/mol. The molecule has 5 heteroatoms. The van der Waals surface area contributed by atoms with E-state index in [0.29, 0.717) is 12.5 Å². The van der Waals surface area contributed by atoms with E-state index in [4.69, 9.17) is 5.11 Å². The molecule has 1 amide bonds. The van der Waals surface area contributed by atoms with Gasteiger partial charge in [0.15, 0.2) is 0 Å². The highest BCUT2D eigenvalue weighted by Crippen LogP contribution is 2.23. The minimum atomic E-state index is -0.822. The molecule has 0 aliphatic heterocycles. The van der Waals surface area contributed by atoms with Crippen LogP contribution in [0.5, 0.6) is 0 Å². The largest absolute Gasteiger partial charge is 0.481 e. The molecule has 0 spiro atoms. The number of nitrogens with zero attached hydrogens (tertiary/aromatic N) is 1. The maximum Gasteiger partial charge on any atom is 0.304 e. The number of hydrogen-bond acceptors (Lipinski definition) is 3. The first-order valence-corrected chi connectivity index (χ1v) is 7.69. The third-order valence-corrected chi connectivity index (χ3v) is 4.30. The number of amides is 1. The molecule has 116 valence electrons. The average molecular weight is 284 g/mol. The molecule has 1 aliphatic rings. The van der Waals surface area contributed by atoms with Gasteiger partial charge in [0.25, 0.3) is 0 Å². The molecule has 1 aliphatic carbocycles. The van der Waals surface area contributed by atoms with Gasteiger partial charge in [-0.3, -0.25) is 14.5 Å². The Labute approximate surface area is 121 Å². The van der Waals surface area contributed by atoms with Gasteiger partial charge in [-0.2, -0.15) is 0 Å². The van der Waals surface area contributed by atoms with Crippen molar-refractivity contribution in [1.29, 1.82) is 0 Å². The quantitative estimate of drug-likeness (QED) is 0.749. The van der Waals surface area contributed by atoms with Crippen LogP contribution in [-0.4, -0.2) is 47.1 Å². The summed E-state index contributed by atoms with van der Waals surface area (Å²) in [5, 5.41) is 11.9. The molecule has 1 saturated carbocycles. The van der Waals surface area contributed by atoms with Gasteiger partial charge in [-0.15, -0.1) is 0 Å². The zero-order valence-corrected chi connectivity index (χ0v) is 12.9. The highest BCUT2D eigenvalue weighted by molar-refractivity contribution is 5.78. The SMILES string of the molecule is CCN(CC(=O)NC1CCCCC1C)C(C)CC(=O)O. The number of carbonyl (C=O) groups excluding carboxylic acids is 1. The molecule has 1 rings (SSSR count). The van der Waals surface area contributed by atoms with Crippen molar-refractivity contribution in [3.8, 4) is 0 Å². The first kappa shape index (κ1) is 17.0. The van der Waals surface area contributed by atoms with Crippen molar-refractivity contribution in [3.05, 3.63) is 0 Å². The van der Waals surface area contributed by atoms with Gasteiger partial charge in [0.1, 0.15) is 0 Å². The molecule has 3 unspecified atom stereocenters. The van der Waals surface area contributed by atoms with E-state index in [0.717, 1.165) is 6.42 Å². The summed E-state index contributed by atoms with van der Waals surface area (Å²) in [5.74, 6) is -0.265. The zero-order chi connectivity index (χ0) is 15.1. The summed E-state index contributed by atoms with van der Waals surface area (Å²) in [6.07, 6.45) is 4.75. The van der Waals surface area contributed by atoms with Gasteiger partial charge in [0.2, 0.25) is 5.91 Å². The van der Waals surface area contributed by atoms with Crippen LogP contribution in [0, 0.1) is 5.92 Å². The fourth-order valence-electron chi connectivity index (χ4n) is 2.93. The number of rotatable bonds is 7. The van der Waals surface area contributed by atoms with Crippen molar-refractivity contribution in [3.63, 3.8) is 0 Å². The smallest absolute Gasteiger partial charge is 0.304 e. The van der Waals surface area contributed by atoms with Crippen molar-refractivity contribution in [1.82, 2.24) is 10.2 Å². The molecular formula is C15H28N2O3. The topological polar surface area (TPSA) is 69.6 Å². The third kappa shape index (κ3) is 5.49. The molecule has 0 bridgehead atoms. The Kier molecular flexibility index (Phi) is 6.99. The summed E-state index contributed by atoms with van der Waals surface area (Å²) in [4.78, 5) is 24.8. The van der Waals surface area contributed by atoms with E-state index in [-0.39, 0.29) is 31.0 Å². The molecule has 0 aromatic heterocycles. The molecule has 0 aromatic carbocycles. The Hall–Kier alpha value is -1.10. The molecule has 0 aromatic rings. The van der Waals surface area contributed by atoms with Gasteiger partial charge in [0.05, 0.1) is 13.0 Å². The Morgan fingerprint density at radius 3 is 2.55 bits per heavy atom. The van der Waals surface area contributed by atoms with Crippen LogP contribution < -0.4 is 5.32 Å². The number of likely N-dealkylation sites (N-methyl/N-ethyl adjacent to an activating group) is 1. The highest BCUT2D eigenvalue weighted by atomic mass is 16.4. The van der Waals surface area contributed by atoms with E-state index in [1.54, 1.807) is 0 Å². The summed E-state index contributed by atoms with van der Waals surface area (Å²) >= 11 is 0. The number of carboxylic acid groups (broad SMARTS) is 1. The normalized spacial score (nSPS) is 24.4. The maximum atomic E-state index is 12.1. The van der Waals surface area contributed by atoms with Crippen LogP contribution in [0.3, 0.4) is 0 Å². The molecule has 5 nitrogen and oxygen atoms in total. The van der Waals surface area contributed by atoms with E-state index in [1.165, 1.54) is 19.3 Å². The van der Waals surface area contributed by atoms with Crippen LogP contribution in [0.4, 0.5) is 0 Å². The summed E-state index contributed by atoms with van der Waals surface area (Å²) in [6, 6.07) is 0.164. The van der Waals surface area contributed by atoms with Crippen LogP contribution in [-0.2, 0) is 9.59 Å². The van der Waals surface area contributed by atoms with Gasteiger partial charge < -0.3 is 10.4 Å². The molecule has 1 fully saturated rings. The van der Waals surface area contributed by atoms with Crippen molar-refractivity contribution in [2.75, 3.05) is 13.1 Å². The Balaban J connectivity index is 2.44. The molecule has 0 heterocycles. The number of nitrogens with one attached hydrogen (secondary N) is 1. The second kappa shape index (κ2) is 8.25. The zero-order valence-electron chi connectivity index (χ0n) is 12.9. The summed E-state index contributed by atoms with van der Waals surface area (Å²) < 4.78 is 0. The molecular weight excluding hydrogens is 256 g/mol. The fraction of sp³-hybridized carbons (Fsp3) is 0.867. The van der Waals surface area contributed by atoms with Crippen LogP contribution >= 0.6 is 0 Å². The summed E-state index contributed by atoms with van der Waals surface area (Å²) in [5.41, 5.74) is 0. The van der Waals surface area contributed by atoms with Gasteiger partial charge in [-0.1, -0.05) is 26.7 Å². The van der Waals surface area contributed by atoms with E-state index in [9.17, 15) is 9.59 Å². The number of hydrogen-bond donors (Lipinski definition) is 2. The van der Waals surface area contributed by atoms with E-state index in [1.807, 2.05) is 18.7 Å². The van der Waals surface area contributed by atoms with Crippen LogP contribution in [0.2, 0.25) is 0 Å². The number of carboxylic acids is 1. The molecule has 3 atom stereocenters. The first-order chi connectivity index (χ1) is 9.43. The van der Waals surface area contributed by atoms with Crippen molar-refractivity contribution < 1.29 is 14.7 Å². The number of aliphatic carboxylic acids is 1. The van der Waals surface area contributed by atoms with Gasteiger partial charge in [-0.05, 0) is 32.2 Å². The fourth-order valence-corrected chi connectivity index (χ4v) is 2.93. The Morgan fingerprint density at radius 1 is 1.35 bits per heavy atom. The van der Waals surface area contributed by atoms with Crippen molar-refractivity contribution in [2.24, 2.45) is 5.92 Å². The highest BCUT2D eigenvalue weighted by Gasteiger charge is 2.24. The standard InChI is InChI=1S/C15H28N2O3/c1-4-17(12(3)9-15(19)20)10-14(18)16-13-8-6-5-7-11(13)2/h11-13H,4-10H2,1-3H3,(H,16,18)(H,19,20). The van der Waals surface area contributed by atoms with Gasteiger partial charge in [-0.25, -0.2) is 0 Å². The Bertz CT molecular complexity index is 333. The maximum absolute atomic E-state index is 12.1. The average Bonchev–Trinajstić information content (AvgIpc) is 2.37. The number of carbonyl (C=O) groups is 2. The van der Waals surface area contributed by atoms with Crippen molar-refractivity contribution in [2.45, 2.75) is 65.0 Å². The minimum Gasteiger partial charge on any atom is -0.481 e. The van der Waals surface area contributed by atoms with E-state index in [2.05, 4.69) is 12.2 Å². The van der Waals surface area contributed by atoms with Crippen LogP contribution in [0.25, 0.3) is 0 Å². The molecule has 20 heavy (non-hydrogen) atoms. The Morgan fingerprint density at radius 2 is 2.00 bits per heavy atom. The van der Waals surface area contributed by atoms with Crippen molar-refractivity contribution >= 4 is 11.9 Å². The lowest BCUT2D eigenvalue weighted by Gasteiger charge is -2.31. The lowest BCUT2D eigenvalue weighted by atomic mass is 9.86. The van der Waals surface area contributed by atoms with Crippen LogP contribution in [0.15, 0.2) is 0 Å². The second-order valence-electron chi connectivity index (χ2n) is 5.95. The summed E-state index contributed by atoms with van der Waals surface area (Å²) in [7, 11) is 0. The monoisotopic (exact) mass is 284 g/mol. The van der Waals surface area contributed by atoms with Gasteiger partial charge >= 0.3 is 5.97 Å². The van der Waals surface area contributed by atoms with Gasteiger partial charge in [0, 0.05) is 12.1 Å². The van der Waals surface area contributed by atoms with E-state index < -0.39 is 5.97 Å². The lowest BCUT2D eigenvalue weighted by molar-refractivity contribution is -0.139. The minimum absolute atomic E-state index is 0.0165. The van der Waals surface area contributed by atoms with Crippen LogP contribution in [0.1, 0.15) is 52.9 Å². The summed E-state index contributed by atoms with van der Waals surface area (Å²) in [6.45, 7) is 6.97. The molecule has 2 N–H and O–H groups in total. The molecule has 0 radical (unpaired) electrons.